The van der Waals surface area contributed by atoms with E-state index in [9.17, 15) is 90.8 Å². The SMILES string of the molecule is CC(=O)c1cc(C(=O)c2ccccc2)n2ccc(Cc3ccc([N+](=O)[O-])cc3)cc12.COC1OC2COC(c3ccccc3)O[C@H]2[C@@H](OC(C)=O)[C@H]1OS(=O)(=O)c1ccccc1.COc1ccc(CCNC(=O)c2sc3c([N+](=O)[O-])cc(C(F)(F)F)cc3[n+]2[O-])cc1OC.Nc1nc(N)c2c(Oc3ccccc3)cccc2n1.O=C1c2ccccc2SC(c2ccccc2)C1CN1CCN(C(C(=O)O)C(=O)O)CC1. The van der Waals surface area contributed by atoms with Gasteiger partial charge in [0, 0.05) is 116 Å². The zero-order valence-corrected chi connectivity index (χ0v) is 79.9. The monoisotopic (exact) mass is 2030 g/mol. The van der Waals surface area contributed by atoms with Gasteiger partial charge in [-0.25, -0.2) is 14.6 Å². The van der Waals surface area contributed by atoms with E-state index in [4.69, 9.17) is 53.5 Å². The predicted octanol–water partition coefficient (Wildman–Crippen LogP) is 15.6. The van der Waals surface area contributed by atoms with Gasteiger partial charge in [0.05, 0.1) is 69.2 Å². The fourth-order valence-corrected chi connectivity index (χ4v) is 20.0. The third-order valence-corrected chi connectivity index (χ3v) is 27.3. The first-order chi connectivity index (χ1) is 69.1. The summed E-state index contributed by atoms with van der Waals surface area (Å²) in [5.74, 6) is -1.73. The molecule has 42 heteroatoms. The number of thiazole rings is 1. The molecular formula is C102H94F3N11O25S3. The minimum absolute atomic E-state index is 0.00702. The van der Waals surface area contributed by atoms with Crippen molar-refractivity contribution in [3.05, 3.63) is 359 Å². The van der Waals surface area contributed by atoms with Crippen LogP contribution >= 0.6 is 23.1 Å². The Labute approximate surface area is 828 Å². The Bertz CT molecular complexity index is 7130. The average Bonchev–Trinajstić information content (AvgIpc) is 1.14. The van der Waals surface area contributed by atoms with E-state index >= 15 is 0 Å². The number of rotatable bonds is 27. The number of nitrogens with one attached hydrogen (secondary N) is 1. The summed E-state index contributed by atoms with van der Waals surface area (Å²) in [6.45, 7) is 5.20. The van der Waals surface area contributed by atoms with Crippen LogP contribution in [0.5, 0.6) is 23.0 Å². The molecule has 8 heterocycles. The maximum absolute atomic E-state index is 13.4. The summed E-state index contributed by atoms with van der Waals surface area (Å²) in [5, 5.41) is 55.6. The molecule has 4 aliphatic rings. The Balaban J connectivity index is 0.000000144. The molecule has 5 unspecified atom stereocenters. The smallest absolute Gasteiger partial charge is 0.416 e. The molecule has 3 saturated heterocycles. The van der Waals surface area contributed by atoms with Crippen molar-refractivity contribution in [2.24, 2.45) is 5.92 Å². The number of nitro groups is 2. The van der Waals surface area contributed by atoms with E-state index in [1.54, 1.807) is 101 Å². The normalized spacial score (nSPS) is 17.7. The van der Waals surface area contributed by atoms with Gasteiger partial charge < -0.3 is 79.4 Å². The number of para-hydroxylation sites is 1. The number of aliphatic carboxylic acids is 2. The number of pyridine rings is 1. The van der Waals surface area contributed by atoms with Crippen molar-refractivity contribution in [2.45, 2.75) is 90.9 Å². The first kappa shape index (κ1) is 104. The van der Waals surface area contributed by atoms with E-state index in [2.05, 4.69) is 20.2 Å². The zero-order chi connectivity index (χ0) is 103. The average molecular weight is 2030 g/mol. The van der Waals surface area contributed by atoms with E-state index < -0.39 is 115 Å². The quantitative estimate of drug-likeness (QED) is 0.00466. The van der Waals surface area contributed by atoms with Crippen LogP contribution in [0.3, 0.4) is 0 Å². The minimum atomic E-state index is -4.89. The number of hydrogen-bond donors (Lipinski definition) is 5. The number of nitrogens with two attached hydrogens (primary N) is 2. The van der Waals surface area contributed by atoms with Crippen LogP contribution in [0.15, 0.2) is 283 Å². The second-order valence-corrected chi connectivity index (χ2v) is 36.6. The molecule has 8 atom stereocenters. The van der Waals surface area contributed by atoms with Crippen molar-refractivity contribution in [3.8, 4) is 23.0 Å². The van der Waals surface area contributed by atoms with Gasteiger partial charge in [-0.2, -0.15) is 26.6 Å². The van der Waals surface area contributed by atoms with E-state index in [-0.39, 0.29) is 67.6 Å². The Morgan fingerprint density at radius 3 is 1.92 bits per heavy atom. The highest BCUT2D eigenvalue weighted by molar-refractivity contribution is 7.99. The number of nitrogens with zero attached hydrogens (tertiary/aromatic N) is 8. The maximum Gasteiger partial charge on any atom is 0.416 e. The highest BCUT2D eigenvalue weighted by Gasteiger charge is 2.55. The second-order valence-electron chi connectivity index (χ2n) is 32.8. The molecule has 0 saturated carbocycles. The lowest BCUT2D eigenvalue weighted by molar-refractivity contribution is -0.574. The first-order valence-corrected chi connectivity index (χ1v) is 47.5. The standard InChI is InChI=1S/C24H18N2O4.C23H24N2O5S.C22H24O9S.C19H16F3N3O6S.C14H12N4O/c1-16(27)21-15-23(24(28)19-5-3-2-4-6-19)25-12-11-18(14-22(21)25)13-17-7-9-20(10-8-17)26(29)30;26-20-16-8-4-5-9-18(16)31-21(15-6-2-1-3-7-15)17(20)14-24-10-12-25(13-11-24)19(22(27)28)23(29)30;1-14(23)28-19-18-17(13-27-21(30-18)15-9-5-3-6-10-15)29-22(26-2)20(19)31-32(24,25)16-11-7-4-8-12-16;1-30-14-4-3-10(7-15(14)31-2)5-6-23-17(26)18-24(27)12-8-11(19(20,21)22)9-13(25(28)29)16(12)32-18;15-13-12-10(17-14(16)18-13)7-4-8-11(12)19-9-5-2-1-3-6-9/h2-12,14-15H,13H2,1H3;1-9,17,19,21H,10-14H2,(H,27,28)(H,29,30);3-12,17-22H,13H2,1-2H3;3-4,7-9H,5-6H2,1-2H3,(H,23,26);1-8H,(H4,15,16,17,18)/t;;17?,18-,19-,20-,21?,22?;;/m..1../s1. The number of non-ortho nitro benzene ring substituents is 2. The van der Waals surface area contributed by atoms with Gasteiger partial charge in [0.15, 0.2) is 52.6 Å². The molecule has 4 aliphatic heterocycles. The van der Waals surface area contributed by atoms with E-state index in [0.717, 1.165) is 44.0 Å². The van der Waals surface area contributed by atoms with Crippen molar-refractivity contribution < 1.29 is 122 Å². The second kappa shape index (κ2) is 46.9. The number of methoxy groups -OCH3 is 3. The van der Waals surface area contributed by atoms with Crippen LogP contribution in [0.2, 0.25) is 0 Å². The number of carboxylic acid groups (broad SMARTS) is 2. The predicted molar refractivity (Wildman–Crippen MR) is 522 cm³/mol. The number of thioether (sulfide) groups is 1. The third-order valence-electron chi connectivity index (χ3n) is 23.3. The number of aromatic nitrogens is 4. The molecule has 144 heavy (non-hydrogen) atoms. The van der Waals surface area contributed by atoms with Crippen LogP contribution in [-0.4, -0.2) is 198 Å². The number of carboxylic acids is 2. The van der Waals surface area contributed by atoms with E-state index in [0.29, 0.717) is 125 Å². The summed E-state index contributed by atoms with van der Waals surface area (Å²) >= 11 is 2.17. The molecule has 4 aromatic heterocycles. The number of ketones is 3. The summed E-state index contributed by atoms with van der Waals surface area (Å²) in [6, 6.07) is 74.7. The lowest BCUT2D eigenvalue weighted by atomic mass is 9.89. The molecular weight excluding hydrogens is 1930 g/mol. The number of amides is 1. The number of fused-ring (bicyclic) bond motifs is 5. The summed E-state index contributed by atoms with van der Waals surface area (Å²) in [6.07, 6.45) is -8.01. The van der Waals surface area contributed by atoms with Crippen molar-refractivity contribution in [3.63, 3.8) is 0 Å². The number of halogens is 3. The molecule has 0 spiro atoms. The summed E-state index contributed by atoms with van der Waals surface area (Å²) in [7, 11) is 0.0951. The van der Waals surface area contributed by atoms with Crippen LogP contribution in [0, 0.1) is 31.4 Å². The number of benzene rings is 10. The number of nitrogen functional groups attached to an aromatic ring is 2. The van der Waals surface area contributed by atoms with Crippen molar-refractivity contribution in [2.75, 3.05) is 78.7 Å². The van der Waals surface area contributed by atoms with Gasteiger partial charge in [-0.05, 0) is 126 Å². The summed E-state index contributed by atoms with van der Waals surface area (Å²) < 4.78 is 117. The topological polar surface area (TPSA) is 491 Å². The Hall–Kier alpha value is -15.5. The number of esters is 1. The maximum atomic E-state index is 13.4. The number of piperazine rings is 1. The van der Waals surface area contributed by atoms with Crippen molar-refractivity contribution in [1.82, 2.24) is 29.5 Å². The molecule has 14 aromatic rings. The largest absolute Gasteiger partial charge is 0.617 e. The third kappa shape index (κ3) is 25.1. The Kier molecular flexibility index (Phi) is 34.0. The van der Waals surface area contributed by atoms with Gasteiger partial charge in [-0.3, -0.25) is 53.3 Å². The van der Waals surface area contributed by atoms with Gasteiger partial charge >= 0.3 is 35.0 Å². The van der Waals surface area contributed by atoms with E-state index in [1.807, 2.05) is 152 Å². The molecule has 7 N–H and O–H groups in total. The zero-order valence-electron chi connectivity index (χ0n) is 77.4. The summed E-state index contributed by atoms with van der Waals surface area (Å²) in [4.78, 5) is 119. The fourth-order valence-electron chi connectivity index (χ4n) is 16.5. The van der Waals surface area contributed by atoms with Gasteiger partial charge in [0.25, 0.3) is 21.5 Å². The summed E-state index contributed by atoms with van der Waals surface area (Å²) in [5.41, 5.74) is 16.8. The van der Waals surface area contributed by atoms with Crippen molar-refractivity contribution in [1.29, 1.82) is 0 Å². The fraction of sp³-hybridized carbons (Fsp3) is 0.235. The molecule has 0 bridgehead atoms. The molecule has 746 valence electrons. The number of Topliss-reactive ketones (excluding diaryl/α,β-unsaturated/α-hetero) is 2. The van der Waals surface area contributed by atoms with Gasteiger partial charge in [-0.15, -0.1) is 16.5 Å². The van der Waals surface area contributed by atoms with Crippen molar-refractivity contribution >= 4 is 124 Å². The van der Waals surface area contributed by atoms with Crippen LogP contribution in [0.4, 0.5) is 36.3 Å². The van der Waals surface area contributed by atoms with E-state index in [1.165, 1.54) is 64.3 Å². The molecule has 0 aliphatic carbocycles. The number of hydrogen-bond acceptors (Lipinski definition) is 31. The molecule has 1 amide bonds. The number of ether oxygens (including phenoxy) is 8. The minimum Gasteiger partial charge on any atom is -0.617 e. The molecule has 0 radical (unpaired) electrons. The number of nitro benzene ring substituents is 2. The number of alkyl halides is 3. The molecule has 18 rings (SSSR count). The number of carbonyl (C=O) groups excluding carboxylic acids is 5. The van der Waals surface area contributed by atoms with Crippen LogP contribution < -0.4 is 35.7 Å². The van der Waals surface area contributed by atoms with Crippen LogP contribution in [0.1, 0.15) is 105 Å². The lowest BCUT2D eigenvalue weighted by Gasteiger charge is -2.47. The highest BCUT2D eigenvalue weighted by atomic mass is 32.2. The number of carbonyl (C=O) groups is 7. The Morgan fingerprint density at radius 2 is 1.30 bits per heavy atom. The molecule has 10 aromatic carbocycles. The van der Waals surface area contributed by atoms with Crippen LogP contribution in [0.25, 0.3) is 26.6 Å². The molecule has 36 nitrogen and oxygen atoms in total. The van der Waals surface area contributed by atoms with Gasteiger partial charge in [0.2, 0.25) is 23.3 Å². The first-order valence-electron chi connectivity index (χ1n) is 44.4. The lowest BCUT2D eigenvalue weighted by Crippen LogP contribution is -2.64. The molecule has 3 fully saturated rings. The Morgan fingerprint density at radius 1 is 0.674 bits per heavy atom. The van der Waals surface area contributed by atoms with Gasteiger partial charge in [-0.1, -0.05) is 170 Å². The van der Waals surface area contributed by atoms with Gasteiger partial charge in [0.1, 0.15) is 29.5 Å². The highest BCUT2D eigenvalue weighted by Crippen LogP contribution is 2.49. The number of anilines is 2. The van der Waals surface area contributed by atoms with Crippen LogP contribution in [-0.2, 0) is 71.4 Å².